The van der Waals surface area contributed by atoms with Gasteiger partial charge in [-0.15, -0.1) is 0 Å². The molecular formula is C11H10F7N. The van der Waals surface area contributed by atoms with Crippen LogP contribution in [0.3, 0.4) is 0 Å². The van der Waals surface area contributed by atoms with Crippen molar-refractivity contribution in [2.24, 2.45) is 5.73 Å². The van der Waals surface area contributed by atoms with E-state index in [9.17, 15) is 30.7 Å². The van der Waals surface area contributed by atoms with E-state index in [1.165, 1.54) is 0 Å². The second kappa shape index (κ2) is 4.66. The largest absolute Gasteiger partial charge is 0.458 e. The molecule has 1 atom stereocenters. The van der Waals surface area contributed by atoms with Crippen LogP contribution in [0.4, 0.5) is 30.7 Å². The van der Waals surface area contributed by atoms with Gasteiger partial charge in [-0.05, 0) is 12.5 Å². The van der Waals surface area contributed by atoms with Crippen LogP contribution in [0.15, 0.2) is 24.3 Å². The fourth-order valence-electron chi connectivity index (χ4n) is 1.33. The molecule has 0 radical (unpaired) electrons. The summed E-state index contributed by atoms with van der Waals surface area (Å²) < 4.78 is 87.3. The molecule has 19 heavy (non-hydrogen) atoms. The van der Waals surface area contributed by atoms with Gasteiger partial charge in [-0.25, -0.2) is 8.78 Å². The SMILES string of the molecule is CC(N)(c1ccc(C(F)(F)C(F)(F)F)cc1)C(F)F. The maximum atomic E-state index is 12.9. The molecule has 1 unspecified atom stereocenters. The molecule has 0 saturated heterocycles. The molecule has 0 aliphatic rings. The average molecular weight is 289 g/mol. The van der Waals surface area contributed by atoms with Crippen LogP contribution in [-0.4, -0.2) is 12.6 Å². The van der Waals surface area contributed by atoms with Gasteiger partial charge in [0.25, 0.3) is 6.43 Å². The van der Waals surface area contributed by atoms with Crippen molar-refractivity contribution in [1.82, 2.24) is 0 Å². The van der Waals surface area contributed by atoms with Gasteiger partial charge in [0.1, 0.15) is 0 Å². The van der Waals surface area contributed by atoms with Crippen molar-refractivity contribution in [3.63, 3.8) is 0 Å². The first kappa shape index (κ1) is 15.7. The van der Waals surface area contributed by atoms with Crippen LogP contribution in [0.5, 0.6) is 0 Å². The molecule has 2 N–H and O–H groups in total. The first-order chi connectivity index (χ1) is 8.40. The molecule has 0 aliphatic heterocycles. The van der Waals surface area contributed by atoms with E-state index < -0.39 is 29.6 Å². The molecular weight excluding hydrogens is 279 g/mol. The average Bonchev–Trinajstić information content (AvgIpc) is 2.27. The van der Waals surface area contributed by atoms with Gasteiger partial charge in [0.2, 0.25) is 0 Å². The molecule has 8 heteroatoms. The zero-order valence-electron chi connectivity index (χ0n) is 9.61. The molecule has 108 valence electrons. The molecule has 0 fully saturated rings. The van der Waals surface area contributed by atoms with Crippen LogP contribution in [-0.2, 0) is 11.5 Å². The smallest absolute Gasteiger partial charge is 0.317 e. The van der Waals surface area contributed by atoms with E-state index >= 15 is 0 Å². The van der Waals surface area contributed by atoms with Crippen molar-refractivity contribution in [3.05, 3.63) is 35.4 Å². The third kappa shape index (κ3) is 2.83. The molecule has 0 aromatic heterocycles. The van der Waals surface area contributed by atoms with Crippen LogP contribution >= 0.6 is 0 Å². The molecule has 0 saturated carbocycles. The maximum absolute atomic E-state index is 12.9. The summed E-state index contributed by atoms with van der Waals surface area (Å²) >= 11 is 0. The molecule has 0 amide bonds. The standard InChI is InChI=1S/C11H10F7N/c1-9(19,8(12)13)6-2-4-7(5-3-6)10(14,15)11(16,17)18/h2-5,8H,19H2,1H3. The first-order valence-corrected chi connectivity index (χ1v) is 5.03. The van der Waals surface area contributed by atoms with Gasteiger partial charge in [-0.1, -0.05) is 24.3 Å². The number of hydrogen-bond acceptors (Lipinski definition) is 1. The van der Waals surface area contributed by atoms with Gasteiger partial charge in [-0.2, -0.15) is 22.0 Å². The highest BCUT2D eigenvalue weighted by Gasteiger charge is 2.58. The van der Waals surface area contributed by atoms with E-state index in [0.29, 0.717) is 12.1 Å². The monoisotopic (exact) mass is 289 g/mol. The van der Waals surface area contributed by atoms with Gasteiger partial charge in [-0.3, -0.25) is 0 Å². The molecule has 0 spiro atoms. The summed E-state index contributed by atoms with van der Waals surface area (Å²) in [4.78, 5) is 0. The van der Waals surface area contributed by atoms with Gasteiger partial charge in [0.15, 0.2) is 0 Å². The van der Waals surface area contributed by atoms with Crippen molar-refractivity contribution in [2.45, 2.75) is 31.0 Å². The Morgan fingerprint density at radius 2 is 1.26 bits per heavy atom. The second-order valence-electron chi connectivity index (χ2n) is 4.23. The van der Waals surface area contributed by atoms with Gasteiger partial charge >= 0.3 is 12.1 Å². The van der Waals surface area contributed by atoms with E-state index in [2.05, 4.69) is 0 Å². The Balaban J connectivity index is 3.14. The van der Waals surface area contributed by atoms with Gasteiger partial charge in [0.05, 0.1) is 5.54 Å². The van der Waals surface area contributed by atoms with Crippen molar-refractivity contribution >= 4 is 0 Å². The topological polar surface area (TPSA) is 26.0 Å². The lowest BCUT2D eigenvalue weighted by Crippen LogP contribution is -2.40. The Morgan fingerprint density at radius 1 is 0.895 bits per heavy atom. The Hall–Kier alpha value is -1.31. The Morgan fingerprint density at radius 3 is 1.58 bits per heavy atom. The summed E-state index contributed by atoms with van der Waals surface area (Å²) in [6.07, 6.45) is -8.73. The Bertz CT molecular complexity index is 433. The molecule has 1 rings (SSSR count). The zero-order valence-corrected chi connectivity index (χ0v) is 9.61. The number of nitrogens with two attached hydrogens (primary N) is 1. The zero-order chi connectivity index (χ0) is 15.1. The molecule has 1 aromatic carbocycles. The summed E-state index contributed by atoms with van der Waals surface area (Å²) in [6, 6.07) is 2.36. The summed E-state index contributed by atoms with van der Waals surface area (Å²) in [5, 5.41) is 0. The Labute approximate surface area is 104 Å². The maximum Gasteiger partial charge on any atom is 0.458 e. The first-order valence-electron chi connectivity index (χ1n) is 5.03. The third-order valence-electron chi connectivity index (χ3n) is 2.68. The van der Waals surface area contributed by atoms with Crippen molar-refractivity contribution in [3.8, 4) is 0 Å². The minimum absolute atomic E-state index is 0.232. The fourth-order valence-corrected chi connectivity index (χ4v) is 1.33. The summed E-state index contributed by atoms with van der Waals surface area (Å²) in [5.74, 6) is -5.04. The fraction of sp³-hybridized carbons (Fsp3) is 0.455. The predicted molar refractivity (Wildman–Crippen MR) is 53.9 cm³/mol. The quantitative estimate of drug-likeness (QED) is 0.842. The minimum Gasteiger partial charge on any atom is -0.317 e. The van der Waals surface area contributed by atoms with Crippen LogP contribution in [0.25, 0.3) is 0 Å². The van der Waals surface area contributed by atoms with Crippen molar-refractivity contribution in [1.29, 1.82) is 0 Å². The van der Waals surface area contributed by atoms with Crippen LogP contribution in [0.1, 0.15) is 18.1 Å². The molecule has 1 aromatic rings. The lowest BCUT2D eigenvalue weighted by Gasteiger charge is -2.25. The van der Waals surface area contributed by atoms with E-state index in [1.807, 2.05) is 0 Å². The minimum atomic E-state index is -5.75. The number of benzene rings is 1. The Kier molecular flexibility index (Phi) is 3.86. The van der Waals surface area contributed by atoms with E-state index in [0.717, 1.165) is 19.1 Å². The summed E-state index contributed by atoms with van der Waals surface area (Å²) in [5.41, 5.74) is 1.59. The lowest BCUT2D eigenvalue weighted by atomic mass is 9.92. The van der Waals surface area contributed by atoms with Crippen LogP contribution in [0, 0.1) is 0 Å². The van der Waals surface area contributed by atoms with Crippen molar-refractivity contribution < 1.29 is 30.7 Å². The van der Waals surface area contributed by atoms with E-state index in [-0.39, 0.29) is 5.56 Å². The summed E-state index contributed by atoms with van der Waals surface area (Å²) in [7, 11) is 0. The highest BCUT2D eigenvalue weighted by Crippen LogP contribution is 2.44. The highest BCUT2D eigenvalue weighted by molar-refractivity contribution is 5.31. The highest BCUT2D eigenvalue weighted by atomic mass is 19.4. The number of hydrogen-bond donors (Lipinski definition) is 1. The molecule has 0 bridgehead atoms. The molecule has 0 aliphatic carbocycles. The summed E-state index contributed by atoms with van der Waals surface area (Å²) in [6.45, 7) is 0.953. The molecule has 1 nitrogen and oxygen atoms in total. The van der Waals surface area contributed by atoms with Crippen LogP contribution < -0.4 is 5.73 Å². The predicted octanol–water partition coefficient (Wildman–Crippen LogP) is 3.78. The van der Waals surface area contributed by atoms with Gasteiger partial charge in [0, 0.05) is 5.56 Å². The number of rotatable bonds is 3. The van der Waals surface area contributed by atoms with Gasteiger partial charge < -0.3 is 5.73 Å². The van der Waals surface area contributed by atoms with Crippen molar-refractivity contribution in [2.75, 3.05) is 0 Å². The van der Waals surface area contributed by atoms with E-state index in [1.54, 1.807) is 0 Å². The normalized spacial score (nSPS) is 16.5. The van der Waals surface area contributed by atoms with E-state index in [4.69, 9.17) is 5.73 Å². The number of alkyl halides is 7. The van der Waals surface area contributed by atoms with Crippen LogP contribution in [0.2, 0.25) is 0 Å². The third-order valence-corrected chi connectivity index (χ3v) is 2.68. The number of halogens is 7. The lowest BCUT2D eigenvalue weighted by molar-refractivity contribution is -0.289. The molecule has 0 heterocycles. The second-order valence-corrected chi connectivity index (χ2v) is 4.23.